The molecule has 0 bridgehead atoms. The van der Waals surface area contributed by atoms with Crippen molar-refractivity contribution in [2.75, 3.05) is 5.32 Å². The third-order valence-corrected chi connectivity index (χ3v) is 4.71. The summed E-state index contributed by atoms with van der Waals surface area (Å²) in [5.74, 6) is 1.65. The normalized spacial score (nSPS) is 12.4. The van der Waals surface area contributed by atoms with Crippen molar-refractivity contribution >= 4 is 34.0 Å². The SMILES string of the molecule is CC(C)C(Nc1cc(C#N)c2cc(Cl)ccc2n1)c1nnc2ccccn12. The highest BCUT2D eigenvalue weighted by Crippen LogP contribution is 2.28. The van der Waals surface area contributed by atoms with Crippen LogP contribution < -0.4 is 5.32 Å². The standard InChI is InChI=1S/C20H17ClN6/c1-12(2)19(20-26-25-18-5-3-4-8-27(18)20)24-17-9-13(11-22)15-10-14(21)6-7-16(15)23-17/h3-10,12,19H,1-2H3,(H,23,24). The Labute approximate surface area is 161 Å². The largest absolute Gasteiger partial charge is 0.360 e. The van der Waals surface area contributed by atoms with Crippen LogP contribution in [0.25, 0.3) is 16.6 Å². The Hall–Kier alpha value is -3.17. The molecular weight excluding hydrogens is 360 g/mol. The minimum absolute atomic E-state index is 0.119. The van der Waals surface area contributed by atoms with Crippen molar-refractivity contribution < 1.29 is 0 Å². The van der Waals surface area contributed by atoms with E-state index in [9.17, 15) is 5.26 Å². The zero-order valence-electron chi connectivity index (χ0n) is 14.9. The van der Waals surface area contributed by atoms with Gasteiger partial charge in [-0.1, -0.05) is 31.5 Å². The predicted molar refractivity (Wildman–Crippen MR) is 106 cm³/mol. The van der Waals surface area contributed by atoms with Gasteiger partial charge in [-0.05, 0) is 42.3 Å². The van der Waals surface area contributed by atoms with Gasteiger partial charge in [-0.25, -0.2) is 4.98 Å². The number of nitrogens with one attached hydrogen (secondary N) is 1. The number of anilines is 1. The first-order valence-corrected chi connectivity index (χ1v) is 9.01. The second kappa shape index (κ2) is 6.86. The Bertz CT molecular complexity index is 1170. The molecule has 0 aliphatic carbocycles. The molecule has 0 radical (unpaired) electrons. The molecule has 1 aromatic carbocycles. The van der Waals surface area contributed by atoms with E-state index >= 15 is 0 Å². The lowest BCUT2D eigenvalue weighted by molar-refractivity contribution is 0.516. The summed E-state index contributed by atoms with van der Waals surface area (Å²) >= 11 is 6.07. The van der Waals surface area contributed by atoms with Crippen molar-refractivity contribution in [2.45, 2.75) is 19.9 Å². The number of aromatic nitrogens is 4. The van der Waals surface area contributed by atoms with Crippen LogP contribution in [0.15, 0.2) is 48.7 Å². The van der Waals surface area contributed by atoms with Crippen LogP contribution in [0.2, 0.25) is 5.02 Å². The van der Waals surface area contributed by atoms with Gasteiger partial charge in [0.2, 0.25) is 0 Å². The smallest absolute Gasteiger partial charge is 0.160 e. The number of benzene rings is 1. The molecule has 3 heterocycles. The van der Waals surface area contributed by atoms with Gasteiger partial charge in [-0.15, -0.1) is 10.2 Å². The van der Waals surface area contributed by atoms with Crippen LogP contribution in [0.3, 0.4) is 0 Å². The molecular formula is C20H17ClN6. The lowest BCUT2D eigenvalue weighted by atomic mass is 10.0. The van der Waals surface area contributed by atoms with Crippen molar-refractivity contribution in [3.63, 3.8) is 0 Å². The summed E-state index contributed by atoms with van der Waals surface area (Å²) in [5.41, 5.74) is 2.03. The highest BCUT2D eigenvalue weighted by molar-refractivity contribution is 6.31. The second-order valence-electron chi connectivity index (χ2n) is 6.68. The van der Waals surface area contributed by atoms with E-state index in [0.717, 1.165) is 22.4 Å². The van der Waals surface area contributed by atoms with Crippen LogP contribution in [0.1, 0.15) is 31.3 Å². The van der Waals surface area contributed by atoms with Gasteiger partial charge in [0.15, 0.2) is 11.5 Å². The molecule has 1 atom stereocenters. The number of hydrogen-bond acceptors (Lipinski definition) is 5. The summed E-state index contributed by atoms with van der Waals surface area (Å²) < 4.78 is 1.96. The van der Waals surface area contributed by atoms with Gasteiger partial charge in [0.1, 0.15) is 5.82 Å². The van der Waals surface area contributed by atoms with E-state index in [2.05, 4.69) is 40.4 Å². The molecule has 134 valence electrons. The first kappa shape index (κ1) is 17.3. The number of hydrogen-bond donors (Lipinski definition) is 1. The maximum absolute atomic E-state index is 9.54. The monoisotopic (exact) mass is 376 g/mol. The van der Waals surface area contributed by atoms with Gasteiger partial charge in [0.25, 0.3) is 0 Å². The molecule has 0 aliphatic heterocycles. The fourth-order valence-electron chi connectivity index (χ4n) is 3.13. The molecule has 0 amide bonds. The molecule has 0 aliphatic rings. The zero-order valence-corrected chi connectivity index (χ0v) is 15.6. The van der Waals surface area contributed by atoms with Gasteiger partial charge in [0.05, 0.1) is 23.2 Å². The van der Waals surface area contributed by atoms with E-state index in [0.29, 0.717) is 16.4 Å². The van der Waals surface area contributed by atoms with Gasteiger partial charge in [-0.2, -0.15) is 5.26 Å². The van der Waals surface area contributed by atoms with E-state index in [4.69, 9.17) is 11.6 Å². The molecule has 7 heteroatoms. The van der Waals surface area contributed by atoms with Crippen molar-refractivity contribution in [3.8, 4) is 6.07 Å². The van der Waals surface area contributed by atoms with Crippen LogP contribution in [-0.2, 0) is 0 Å². The van der Waals surface area contributed by atoms with Crippen LogP contribution in [0, 0.1) is 17.2 Å². The minimum Gasteiger partial charge on any atom is -0.360 e. The Morgan fingerprint density at radius 1 is 1.15 bits per heavy atom. The second-order valence-corrected chi connectivity index (χ2v) is 7.12. The molecule has 6 nitrogen and oxygen atoms in total. The van der Waals surface area contributed by atoms with E-state index in [1.54, 1.807) is 18.2 Å². The summed E-state index contributed by atoms with van der Waals surface area (Å²) in [5, 5.41) is 22.9. The molecule has 0 spiro atoms. The van der Waals surface area contributed by atoms with Gasteiger partial charge >= 0.3 is 0 Å². The summed E-state index contributed by atoms with van der Waals surface area (Å²) in [4.78, 5) is 4.66. The van der Waals surface area contributed by atoms with Crippen LogP contribution >= 0.6 is 11.6 Å². The molecule has 4 aromatic rings. The number of pyridine rings is 2. The summed E-state index contributed by atoms with van der Waals surface area (Å²) in [6.07, 6.45) is 1.94. The van der Waals surface area contributed by atoms with Gasteiger partial charge in [-0.3, -0.25) is 4.40 Å². The van der Waals surface area contributed by atoms with E-state index in [1.807, 2.05) is 34.9 Å². The number of nitriles is 1. The average Bonchev–Trinajstić information content (AvgIpc) is 3.09. The molecule has 1 N–H and O–H groups in total. The fourth-order valence-corrected chi connectivity index (χ4v) is 3.30. The number of halogens is 1. The highest BCUT2D eigenvalue weighted by Gasteiger charge is 2.22. The van der Waals surface area contributed by atoms with Crippen molar-refractivity contribution in [1.82, 2.24) is 19.6 Å². The minimum atomic E-state index is -0.119. The average molecular weight is 377 g/mol. The predicted octanol–water partition coefficient (Wildman–Crippen LogP) is 4.61. The first-order valence-electron chi connectivity index (χ1n) is 8.63. The van der Waals surface area contributed by atoms with Crippen molar-refractivity contribution in [1.29, 1.82) is 5.26 Å². The molecule has 0 saturated heterocycles. The molecule has 27 heavy (non-hydrogen) atoms. The van der Waals surface area contributed by atoms with Gasteiger partial charge in [0, 0.05) is 16.6 Å². The maximum Gasteiger partial charge on any atom is 0.160 e. The molecule has 0 saturated carbocycles. The highest BCUT2D eigenvalue weighted by atomic mass is 35.5. The third-order valence-electron chi connectivity index (χ3n) is 4.48. The van der Waals surface area contributed by atoms with E-state index in [-0.39, 0.29) is 12.0 Å². The van der Waals surface area contributed by atoms with Crippen LogP contribution in [0.5, 0.6) is 0 Å². The molecule has 0 fully saturated rings. The summed E-state index contributed by atoms with van der Waals surface area (Å²) in [7, 11) is 0. The lowest BCUT2D eigenvalue weighted by Gasteiger charge is -2.22. The van der Waals surface area contributed by atoms with E-state index < -0.39 is 0 Å². The fraction of sp³-hybridized carbons (Fsp3) is 0.200. The Morgan fingerprint density at radius 2 is 2.00 bits per heavy atom. The molecule has 1 unspecified atom stereocenters. The van der Waals surface area contributed by atoms with E-state index in [1.165, 1.54) is 0 Å². The quantitative estimate of drug-likeness (QED) is 0.562. The first-order chi connectivity index (χ1) is 13.1. The number of nitrogens with zero attached hydrogens (tertiary/aromatic N) is 5. The lowest BCUT2D eigenvalue weighted by Crippen LogP contribution is -2.20. The van der Waals surface area contributed by atoms with Crippen LogP contribution in [-0.4, -0.2) is 19.6 Å². The van der Waals surface area contributed by atoms with Gasteiger partial charge < -0.3 is 5.32 Å². The summed E-state index contributed by atoms with van der Waals surface area (Å²) in [6.45, 7) is 4.21. The topological polar surface area (TPSA) is 78.9 Å². The number of fused-ring (bicyclic) bond motifs is 2. The Balaban J connectivity index is 1.79. The maximum atomic E-state index is 9.54. The Morgan fingerprint density at radius 3 is 2.78 bits per heavy atom. The number of rotatable bonds is 4. The van der Waals surface area contributed by atoms with Crippen molar-refractivity contribution in [3.05, 3.63) is 65.1 Å². The Kier molecular flexibility index (Phi) is 4.38. The zero-order chi connectivity index (χ0) is 19.0. The molecule has 3 aromatic heterocycles. The summed E-state index contributed by atoms with van der Waals surface area (Å²) in [6, 6.07) is 15.0. The molecule has 4 rings (SSSR count). The third kappa shape index (κ3) is 3.18. The van der Waals surface area contributed by atoms with Crippen molar-refractivity contribution in [2.24, 2.45) is 5.92 Å². The van der Waals surface area contributed by atoms with Crippen LogP contribution in [0.4, 0.5) is 5.82 Å².